The summed E-state index contributed by atoms with van der Waals surface area (Å²) >= 11 is 7.82. The van der Waals surface area contributed by atoms with Crippen LogP contribution in [0.4, 0.5) is 0 Å². The molecule has 3 rings (SSSR count). The lowest BCUT2D eigenvalue weighted by atomic mass is 10.1. The molecule has 0 aliphatic carbocycles. The average molecular weight is 387 g/mol. The first-order chi connectivity index (χ1) is 9.17. The normalized spacial score (nSPS) is 20.4. The Kier molecular flexibility index (Phi) is 3.96. The highest BCUT2D eigenvalue weighted by atomic mass is 127. The number of nitrogens with one attached hydrogen (secondary N) is 1. The van der Waals surface area contributed by atoms with Gasteiger partial charge >= 0.3 is 0 Å². The van der Waals surface area contributed by atoms with Gasteiger partial charge in [-0.3, -0.25) is 0 Å². The molecule has 1 aliphatic heterocycles. The number of imidazole rings is 1. The quantitative estimate of drug-likeness (QED) is 0.642. The highest BCUT2D eigenvalue weighted by molar-refractivity contribution is 14.1. The summed E-state index contributed by atoms with van der Waals surface area (Å²) in [7, 11) is 0. The smallest absolute Gasteiger partial charge is 0.178 e. The number of hydrogen-bond donors (Lipinski definition) is 1. The number of hydrogen-bond acceptors (Lipinski definition) is 2. The lowest BCUT2D eigenvalue weighted by Gasteiger charge is -2.14. The van der Waals surface area contributed by atoms with E-state index >= 15 is 0 Å². The molecule has 3 nitrogen and oxygen atoms in total. The molecule has 1 aromatic carbocycles. The van der Waals surface area contributed by atoms with Gasteiger partial charge in [-0.2, -0.15) is 0 Å². The van der Waals surface area contributed by atoms with E-state index in [1.807, 2.05) is 0 Å². The second kappa shape index (κ2) is 5.54. The standard InChI is InChI=1S/C14H18IN3S/c1-2-17-6-5-10(8-17)9-18-13-4-3-11(15)7-12(13)16-14(18)19/h3-4,7,10H,2,5-6,8-9H2,1H3,(H,16,19). The van der Waals surface area contributed by atoms with Gasteiger partial charge in [-0.1, -0.05) is 6.92 Å². The molecule has 0 spiro atoms. The van der Waals surface area contributed by atoms with Crippen molar-refractivity contribution in [2.75, 3.05) is 19.6 Å². The Labute approximate surface area is 132 Å². The lowest BCUT2D eigenvalue weighted by Crippen LogP contribution is -2.21. The van der Waals surface area contributed by atoms with Crippen molar-refractivity contribution in [3.8, 4) is 0 Å². The van der Waals surface area contributed by atoms with Crippen LogP contribution in [0.25, 0.3) is 11.0 Å². The van der Waals surface area contributed by atoms with Gasteiger partial charge in [0.25, 0.3) is 0 Å². The maximum atomic E-state index is 5.48. The largest absolute Gasteiger partial charge is 0.331 e. The number of fused-ring (bicyclic) bond motifs is 1. The van der Waals surface area contributed by atoms with Crippen LogP contribution in [0.2, 0.25) is 0 Å². The van der Waals surface area contributed by atoms with Crippen LogP contribution in [0.15, 0.2) is 18.2 Å². The molecule has 0 radical (unpaired) electrons. The van der Waals surface area contributed by atoms with E-state index in [9.17, 15) is 0 Å². The topological polar surface area (TPSA) is 24.0 Å². The van der Waals surface area contributed by atoms with Gasteiger partial charge in [0.2, 0.25) is 0 Å². The summed E-state index contributed by atoms with van der Waals surface area (Å²) in [6, 6.07) is 6.49. The first kappa shape index (κ1) is 13.6. The number of rotatable bonds is 3. The Morgan fingerprint density at radius 2 is 2.32 bits per heavy atom. The number of benzene rings is 1. The molecule has 1 aromatic heterocycles. The van der Waals surface area contributed by atoms with Crippen molar-refractivity contribution in [2.24, 2.45) is 5.92 Å². The van der Waals surface area contributed by atoms with Crippen LogP contribution in [-0.4, -0.2) is 34.1 Å². The summed E-state index contributed by atoms with van der Waals surface area (Å²) in [5.41, 5.74) is 2.39. The molecular formula is C14H18IN3S. The third-order valence-corrected chi connectivity index (χ3v) is 4.99. The third-order valence-electron chi connectivity index (χ3n) is 3.99. The summed E-state index contributed by atoms with van der Waals surface area (Å²) in [6.07, 6.45) is 1.28. The lowest BCUT2D eigenvalue weighted by molar-refractivity contribution is 0.333. The summed E-state index contributed by atoms with van der Waals surface area (Å²) < 4.78 is 4.36. The van der Waals surface area contributed by atoms with E-state index < -0.39 is 0 Å². The van der Waals surface area contributed by atoms with Crippen LogP contribution in [0.3, 0.4) is 0 Å². The van der Waals surface area contributed by atoms with Crippen molar-refractivity contribution in [1.29, 1.82) is 0 Å². The van der Waals surface area contributed by atoms with E-state index in [0.717, 1.165) is 29.3 Å². The van der Waals surface area contributed by atoms with Gasteiger partial charge < -0.3 is 14.5 Å². The predicted octanol–water partition coefficient (Wildman–Crippen LogP) is 3.65. The number of H-pyrrole nitrogens is 1. The maximum absolute atomic E-state index is 5.48. The number of halogens is 1. The minimum Gasteiger partial charge on any atom is -0.331 e. The molecular weight excluding hydrogens is 369 g/mol. The van der Waals surface area contributed by atoms with E-state index in [1.165, 1.54) is 28.6 Å². The Balaban J connectivity index is 1.89. The zero-order valence-corrected chi connectivity index (χ0v) is 14.0. The molecule has 1 atom stereocenters. The fourth-order valence-electron chi connectivity index (χ4n) is 2.92. The fraction of sp³-hybridized carbons (Fsp3) is 0.500. The fourth-order valence-corrected chi connectivity index (χ4v) is 3.70. The Morgan fingerprint density at radius 1 is 1.47 bits per heavy atom. The van der Waals surface area contributed by atoms with E-state index in [2.05, 4.69) is 62.2 Å². The highest BCUT2D eigenvalue weighted by Crippen LogP contribution is 2.22. The Bertz CT molecular complexity index is 646. The van der Waals surface area contributed by atoms with Crippen LogP contribution < -0.4 is 0 Å². The molecule has 0 amide bonds. The number of likely N-dealkylation sites (tertiary alicyclic amines) is 1. The molecule has 102 valence electrons. The minimum atomic E-state index is 0.727. The zero-order chi connectivity index (χ0) is 13.4. The molecule has 0 bridgehead atoms. The summed E-state index contributed by atoms with van der Waals surface area (Å²) in [4.78, 5) is 5.85. The van der Waals surface area contributed by atoms with Crippen LogP contribution in [0.5, 0.6) is 0 Å². The van der Waals surface area contributed by atoms with Crippen molar-refractivity contribution in [1.82, 2.24) is 14.5 Å². The van der Waals surface area contributed by atoms with Gasteiger partial charge in [0.1, 0.15) is 0 Å². The minimum absolute atomic E-state index is 0.727. The first-order valence-corrected chi connectivity index (χ1v) is 8.26. The predicted molar refractivity (Wildman–Crippen MR) is 90.1 cm³/mol. The highest BCUT2D eigenvalue weighted by Gasteiger charge is 2.22. The second-order valence-electron chi connectivity index (χ2n) is 5.25. The first-order valence-electron chi connectivity index (χ1n) is 6.78. The molecule has 1 aliphatic rings. The van der Waals surface area contributed by atoms with Crippen molar-refractivity contribution in [3.63, 3.8) is 0 Å². The van der Waals surface area contributed by atoms with Crippen LogP contribution in [0, 0.1) is 14.3 Å². The molecule has 2 aromatic rings. The van der Waals surface area contributed by atoms with Crippen molar-refractivity contribution < 1.29 is 0 Å². The van der Waals surface area contributed by atoms with Gasteiger partial charge in [-0.25, -0.2) is 0 Å². The van der Waals surface area contributed by atoms with E-state index in [4.69, 9.17) is 12.2 Å². The van der Waals surface area contributed by atoms with Gasteiger partial charge in [0.15, 0.2) is 4.77 Å². The van der Waals surface area contributed by atoms with Gasteiger partial charge in [0.05, 0.1) is 11.0 Å². The Morgan fingerprint density at radius 3 is 3.05 bits per heavy atom. The summed E-state index contributed by atoms with van der Waals surface area (Å²) in [6.45, 7) is 6.87. The molecule has 1 fully saturated rings. The van der Waals surface area contributed by atoms with E-state index in [1.54, 1.807) is 0 Å². The third kappa shape index (κ3) is 2.73. The zero-order valence-electron chi connectivity index (χ0n) is 11.0. The van der Waals surface area contributed by atoms with Crippen LogP contribution in [0.1, 0.15) is 13.3 Å². The Hall–Kier alpha value is -0.400. The van der Waals surface area contributed by atoms with Gasteiger partial charge in [0, 0.05) is 16.7 Å². The molecule has 1 unspecified atom stereocenters. The molecule has 19 heavy (non-hydrogen) atoms. The number of aromatic nitrogens is 2. The molecule has 1 saturated heterocycles. The number of nitrogens with zero attached hydrogens (tertiary/aromatic N) is 2. The number of aromatic amines is 1. The SMILES string of the molecule is CCN1CCC(Cn2c(=S)[nH]c3cc(I)ccc32)C1. The summed E-state index contributed by atoms with van der Waals surface area (Å²) in [5.74, 6) is 0.727. The van der Waals surface area contributed by atoms with E-state index in [0.29, 0.717) is 0 Å². The van der Waals surface area contributed by atoms with E-state index in [-0.39, 0.29) is 0 Å². The second-order valence-corrected chi connectivity index (χ2v) is 6.88. The maximum Gasteiger partial charge on any atom is 0.178 e. The molecule has 0 saturated carbocycles. The molecule has 1 N–H and O–H groups in total. The van der Waals surface area contributed by atoms with Crippen LogP contribution in [-0.2, 0) is 6.54 Å². The molecule has 2 heterocycles. The molecule has 5 heteroatoms. The van der Waals surface area contributed by atoms with Gasteiger partial charge in [-0.15, -0.1) is 0 Å². The average Bonchev–Trinajstić information content (AvgIpc) is 2.95. The van der Waals surface area contributed by atoms with Crippen molar-refractivity contribution >= 4 is 45.8 Å². The van der Waals surface area contributed by atoms with Crippen molar-refractivity contribution in [2.45, 2.75) is 19.9 Å². The van der Waals surface area contributed by atoms with Crippen LogP contribution >= 0.6 is 34.8 Å². The van der Waals surface area contributed by atoms with Crippen molar-refractivity contribution in [3.05, 3.63) is 26.5 Å². The summed E-state index contributed by atoms with van der Waals surface area (Å²) in [5, 5.41) is 0. The van der Waals surface area contributed by atoms with Gasteiger partial charge in [-0.05, 0) is 78.4 Å². The monoisotopic (exact) mass is 387 g/mol.